The van der Waals surface area contributed by atoms with E-state index in [1.165, 1.54) is 11.1 Å². The summed E-state index contributed by atoms with van der Waals surface area (Å²) >= 11 is 0. The van der Waals surface area contributed by atoms with Gasteiger partial charge < -0.3 is 4.74 Å². The second-order valence-corrected chi connectivity index (χ2v) is 6.66. The van der Waals surface area contributed by atoms with Crippen LogP contribution in [0.5, 0.6) is 5.75 Å². The van der Waals surface area contributed by atoms with Crippen LogP contribution in [0.4, 0.5) is 0 Å². The first-order chi connectivity index (χ1) is 13.2. The van der Waals surface area contributed by atoms with Crippen molar-refractivity contribution in [1.29, 1.82) is 0 Å². The standard InChI is InChI=1S/C24H22N2O/c1-17-9-11-18(12-10-17)22-23(19-13-15-21(27-3)16-14-19)25-26(2)24(22)20-7-5-4-6-8-20/h4-16H,1-3H3. The van der Waals surface area contributed by atoms with Crippen LogP contribution < -0.4 is 4.74 Å². The molecule has 134 valence electrons. The summed E-state index contributed by atoms with van der Waals surface area (Å²) in [4.78, 5) is 0. The lowest BCUT2D eigenvalue weighted by molar-refractivity contribution is 0.415. The summed E-state index contributed by atoms with van der Waals surface area (Å²) in [5.74, 6) is 0.842. The van der Waals surface area contributed by atoms with Gasteiger partial charge in [0.1, 0.15) is 11.4 Å². The predicted molar refractivity (Wildman–Crippen MR) is 111 cm³/mol. The molecule has 4 aromatic rings. The van der Waals surface area contributed by atoms with E-state index in [1.807, 2.05) is 29.9 Å². The molecule has 3 aromatic carbocycles. The Hall–Kier alpha value is -3.33. The van der Waals surface area contributed by atoms with Crippen molar-refractivity contribution < 1.29 is 4.74 Å². The average molecular weight is 354 g/mol. The van der Waals surface area contributed by atoms with E-state index in [9.17, 15) is 0 Å². The fourth-order valence-corrected chi connectivity index (χ4v) is 3.40. The van der Waals surface area contributed by atoms with Crippen LogP contribution in [0, 0.1) is 6.92 Å². The fourth-order valence-electron chi connectivity index (χ4n) is 3.40. The van der Waals surface area contributed by atoms with Crippen LogP contribution in [0.1, 0.15) is 5.56 Å². The summed E-state index contributed by atoms with van der Waals surface area (Å²) in [5, 5.41) is 4.89. The summed E-state index contributed by atoms with van der Waals surface area (Å²) < 4.78 is 7.28. The van der Waals surface area contributed by atoms with E-state index in [0.717, 1.165) is 33.8 Å². The monoisotopic (exact) mass is 354 g/mol. The molecule has 0 fully saturated rings. The molecule has 27 heavy (non-hydrogen) atoms. The summed E-state index contributed by atoms with van der Waals surface area (Å²) in [6.07, 6.45) is 0. The zero-order valence-electron chi connectivity index (χ0n) is 15.8. The second kappa shape index (κ2) is 7.12. The van der Waals surface area contributed by atoms with Crippen LogP contribution in [0.3, 0.4) is 0 Å². The minimum absolute atomic E-state index is 0.842. The van der Waals surface area contributed by atoms with Crippen LogP contribution in [-0.2, 0) is 7.05 Å². The van der Waals surface area contributed by atoms with Gasteiger partial charge in [-0.3, -0.25) is 4.68 Å². The quantitative estimate of drug-likeness (QED) is 0.467. The molecule has 0 saturated carbocycles. The van der Waals surface area contributed by atoms with Gasteiger partial charge in [-0.2, -0.15) is 5.10 Å². The SMILES string of the molecule is COc1ccc(-c2nn(C)c(-c3ccccc3)c2-c2ccc(C)cc2)cc1. The Morgan fingerprint density at radius 2 is 1.37 bits per heavy atom. The van der Waals surface area contributed by atoms with E-state index in [0.29, 0.717) is 0 Å². The molecule has 0 unspecified atom stereocenters. The lowest BCUT2D eigenvalue weighted by Crippen LogP contribution is -1.94. The van der Waals surface area contributed by atoms with Gasteiger partial charge >= 0.3 is 0 Å². The molecular formula is C24H22N2O. The number of methoxy groups -OCH3 is 1. The third-order valence-electron chi connectivity index (χ3n) is 4.80. The Kier molecular flexibility index (Phi) is 4.51. The van der Waals surface area contributed by atoms with Gasteiger partial charge in [-0.1, -0.05) is 60.2 Å². The number of hydrogen-bond donors (Lipinski definition) is 0. The molecule has 0 spiro atoms. The van der Waals surface area contributed by atoms with Gasteiger partial charge in [-0.25, -0.2) is 0 Å². The molecule has 3 nitrogen and oxygen atoms in total. The topological polar surface area (TPSA) is 27.1 Å². The molecule has 0 amide bonds. The summed E-state index contributed by atoms with van der Waals surface area (Å²) in [6.45, 7) is 2.11. The Bertz CT molecular complexity index is 1050. The molecule has 0 bridgehead atoms. The molecule has 4 rings (SSSR count). The van der Waals surface area contributed by atoms with E-state index in [-0.39, 0.29) is 0 Å². The van der Waals surface area contributed by atoms with Crippen LogP contribution in [-0.4, -0.2) is 16.9 Å². The largest absolute Gasteiger partial charge is 0.497 e. The van der Waals surface area contributed by atoms with Crippen molar-refractivity contribution in [1.82, 2.24) is 9.78 Å². The van der Waals surface area contributed by atoms with Crippen LogP contribution >= 0.6 is 0 Å². The highest BCUT2D eigenvalue weighted by Crippen LogP contribution is 2.39. The van der Waals surface area contributed by atoms with Crippen molar-refractivity contribution >= 4 is 0 Å². The maximum absolute atomic E-state index is 5.31. The number of aromatic nitrogens is 2. The van der Waals surface area contributed by atoms with Crippen molar-refractivity contribution in [2.75, 3.05) is 7.11 Å². The molecule has 1 heterocycles. The molecule has 0 saturated heterocycles. The molecule has 0 N–H and O–H groups in total. The highest BCUT2D eigenvalue weighted by atomic mass is 16.5. The Morgan fingerprint density at radius 3 is 2.00 bits per heavy atom. The van der Waals surface area contributed by atoms with Crippen LogP contribution in [0.15, 0.2) is 78.9 Å². The minimum Gasteiger partial charge on any atom is -0.497 e. The van der Waals surface area contributed by atoms with Gasteiger partial charge in [0.15, 0.2) is 0 Å². The molecule has 0 atom stereocenters. The maximum Gasteiger partial charge on any atom is 0.118 e. The van der Waals surface area contributed by atoms with Crippen LogP contribution in [0.2, 0.25) is 0 Å². The molecular weight excluding hydrogens is 332 g/mol. The smallest absolute Gasteiger partial charge is 0.118 e. The number of benzene rings is 3. The first-order valence-electron chi connectivity index (χ1n) is 9.01. The summed E-state index contributed by atoms with van der Waals surface area (Å²) in [7, 11) is 3.69. The van der Waals surface area contributed by atoms with E-state index < -0.39 is 0 Å². The maximum atomic E-state index is 5.31. The second-order valence-electron chi connectivity index (χ2n) is 6.66. The van der Waals surface area contributed by atoms with Crippen molar-refractivity contribution in [3.05, 3.63) is 84.4 Å². The van der Waals surface area contributed by atoms with Gasteiger partial charge in [-0.15, -0.1) is 0 Å². The fraction of sp³-hybridized carbons (Fsp3) is 0.125. The molecule has 0 aliphatic heterocycles. The van der Waals surface area contributed by atoms with E-state index in [1.54, 1.807) is 7.11 Å². The molecule has 0 aliphatic rings. The molecule has 0 radical (unpaired) electrons. The van der Waals surface area contributed by atoms with Gasteiger partial charge in [0, 0.05) is 23.7 Å². The van der Waals surface area contributed by atoms with Crippen molar-refractivity contribution in [3.8, 4) is 39.4 Å². The van der Waals surface area contributed by atoms with Gasteiger partial charge in [0.05, 0.1) is 12.8 Å². The summed E-state index contributed by atoms with van der Waals surface area (Å²) in [5.41, 5.74) is 7.88. The Labute approximate surface area is 159 Å². The van der Waals surface area contributed by atoms with Crippen LogP contribution in [0.25, 0.3) is 33.6 Å². The summed E-state index contributed by atoms with van der Waals surface area (Å²) in [6, 6.07) is 27.1. The van der Waals surface area contributed by atoms with Crippen molar-refractivity contribution in [2.45, 2.75) is 6.92 Å². The number of ether oxygens (including phenoxy) is 1. The normalized spacial score (nSPS) is 10.8. The number of aryl methyl sites for hydroxylation is 2. The van der Waals surface area contributed by atoms with E-state index in [4.69, 9.17) is 9.84 Å². The number of hydrogen-bond acceptors (Lipinski definition) is 2. The molecule has 3 heteroatoms. The van der Waals surface area contributed by atoms with E-state index in [2.05, 4.69) is 67.6 Å². The zero-order valence-corrected chi connectivity index (χ0v) is 15.8. The Morgan fingerprint density at radius 1 is 0.741 bits per heavy atom. The van der Waals surface area contributed by atoms with Gasteiger partial charge in [-0.05, 0) is 36.8 Å². The van der Waals surface area contributed by atoms with Crippen molar-refractivity contribution in [2.24, 2.45) is 7.05 Å². The number of rotatable bonds is 4. The van der Waals surface area contributed by atoms with Crippen molar-refractivity contribution in [3.63, 3.8) is 0 Å². The minimum atomic E-state index is 0.842. The van der Waals surface area contributed by atoms with Gasteiger partial charge in [0.2, 0.25) is 0 Å². The first-order valence-corrected chi connectivity index (χ1v) is 9.01. The first kappa shape index (κ1) is 17.1. The highest BCUT2D eigenvalue weighted by Gasteiger charge is 2.20. The Balaban J connectivity index is 1.97. The number of nitrogens with zero attached hydrogens (tertiary/aromatic N) is 2. The lowest BCUT2D eigenvalue weighted by Gasteiger charge is -2.09. The molecule has 0 aliphatic carbocycles. The van der Waals surface area contributed by atoms with E-state index >= 15 is 0 Å². The average Bonchev–Trinajstić information content (AvgIpc) is 3.06. The zero-order chi connectivity index (χ0) is 18.8. The third kappa shape index (κ3) is 3.24. The molecule has 1 aromatic heterocycles. The highest BCUT2D eigenvalue weighted by molar-refractivity contribution is 5.91. The predicted octanol–water partition coefficient (Wildman–Crippen LogP) is 5.74. The third-order valence-corrected chi connectivity index (χ3v) is 4.80. The van der Waals surface area contributed by atoms with Gasteiger partial charge in [0.25, 0.3) is 0 Å². The lowest BCUT2D eigenvalue weighted by atomic mass is 9.95.